The van der Waals surface area contributed by atoms with Crippen molar-refractivity contribution in [3.8, 4) is 0 Å². The molecule has 0 unspecified atom stereocenters. The zero-order valence-electron chi connectivity index (χ0n) is 3.16. The summed E-state index contributed by atoms with van der Waals surface area (Å²) in [6.07, 6.45) is 1.89. The van der Waals surface area contributed by atoms with Crippen LogP contribution in [-0.4, -0.2) is 0 Å². The van der Waals surface area contributed by atoms with Crippen LogP contribution in [0.2, 0.25) is 0 Å². The molecule has 0 saturated carbocycles. The fourth-order valence-corrected chi connectivity index (χ4v) is 0. The second kappa shape index (κ2) is 2.46. The van der Waals surface area contributed by atoms with Gasteiger partial charge in [-0.25, -0.2) is 0 Å². The van der Waals surface area contributed by atoms with Crippen LogP contribution in [0.25, 0.3) is 0 Å². The molecule has 0 aromatic heterocycles. The lowest BCUT2D eigenvalue weighted by Gasteiger charge is -1.70. The first-order chi connectivity index (χ1) is 2.27. The Morgan fingerprint density at radius 1 is 2.00 bits per heavy atom. The van der Waals surface area contributed by atoms with E-state index in [2.05, 4.69) is 22.9 Å². The van der Waals surface area contributed by atoms with E-state index in [-0.39, 0.29) is 0 Å². The van der Waals surface area contributed by atoms with Gasteiger partial charge in [0.15, 0.2) is 0 Å². The molecular weight excluding hydrogens is 128 g/mol. The van der Waals surface area contributed by atoms with Crippen LogP contribution in [0.4, 0.5) is 0 Å². The monoisotopic (exact) mass is 133 g/mol. The van der Waals surface area contributed by atoms with Gasteiger partial charge in [-0.05, 0) is 18.3 Å². The van der Waals surface area contributed by atoms with Crippen molar-refractivity contribution in [1.82, 2.24) is 0 Å². The van der Waals surface area contributed by atoms with Gasteiger partial charge in [0.25, 0.3) is 0 Å². The van der Waals surface area contributed by atoms with Gasteiger partial charge in [-0.1, -0.05) is 22.0 Å². The van der Waals surface area contributed by atoms with Gasteiger partial charge in [0.2, 0.25) is 0 Å². The maximum absolute atomic E-state index is 3.53. The normalized spacial score (nSPS) is 12.2. The SMILES string of the molecule is [CH2]/C(Br)=C\C. The van der Waals surface area contributed by atoms with E-state index in [4.69, 9.17) is 0 Å². The third-order valence-electron chi connectivity index (χ3n) is 0.313. The van der Waals surface area contributed by atoms with E-state index >= 15 is 0 Å². The summed E-state index contributed by atoms with van der Waals surface area (Å²) in [5.41, 5.74) is 0. The van der Waals surface area contributed by atoms with Crippen molar-refractivity contribution in [2.24, 2.45) is 0 Å². The maximum atomic E-state index is 3.53. The minimum absolute atomic E-state index is 0.942. The summed E-state index contributed by atoms with van der Waals surface area (Å²) < 4.78 is 0.942. The lowest BCUT2D eigenvalue weighted by molar-refractivity contribution is 1.72. The first-order valence-corrected chi connectivity index (χ1v) is 2.20. The summed E-state index contributed by atoms with van der Waals surface area (Å²) >= 11 is 3.12. The van der Waals surface area contributed by atoms with E-state index in [0.717, 1.165) is 4.48 Å². The highest BCUT2D eigenvalue weighted by atomic mass is 79.9. The molecule has 5 heavy (non-hydrogen) atoms. The van der Waals surface area contributed by atoms with E-state index in [1.807, 2.05) is 13.0 Å². The summed E-state index contributed by atoms with van der Waals surface area (Å²) in [6, 6.07) is 0. The quantitative estimate of drug-likeness (QED) is 0.476. The number of halogens is 1. The molecule has 0 nitrogen and oxygen atoms in total. The van der Waals surface area contributed by atoms with Gasteiger partial charge in [-0.2, -0.15) is 0 Å². The van der Waals surface area contributed by atoms with Crippen LogP contribution in [0.5, 0.6) is 0 Å². The fourth-order valence-electron chi connectivity index (χ4n) is 0. The molecule has 0 aromatic carbocycles. The first-order valence-electron chi connectivity index (χ1n) is 1.41. The topological polar surface area (TPSA) is 0 Å². The molecule has 1 heteroatoms. The Bertz CT molecular complexity index is 41.6. The Morgan fingerprint density at radius 3 is 2.20 bits per heavy atom. The Hall–Kier alpha value is 0.220. The molecule has 0 saturated heterocycles. The van der Waals surface area contributed by atoms with Crippen LogP contribution in [0.3, 0.4) is 0 Å². The lowest BCUT2D eigenvalue weighted by Crippen LogP contribution is -1.45. The summed E-state index contributed by atoms with van der Waals surface area (Å²) in [7, 11) is 0. The van der Waals surface area contributed by atoms with Gasteiger partial charge in [0, 0.05) is 0 Å². The van der Waals surface area contributed by atoms with Crippen molar-refractivity contribution < 1.29 is 0 Å². The molecule has 0 atom stereocenters. The molecule has 29 valence electrons. The molecule has 0 N–H and O–H groups in total. The fraction of sp³-hybridized carbons (Fsp3) is 0.250. The molecule has 0 bridgehead atoms. The lowest BCUT2D eigenvalue weighted by atomic mass is 10.6. The molecular formula is C4H6Br. The Balaban J connectivity index is 3.14. The summed E-state index contributed by atoms with van der Waals surface area (Å²) in [5.74, 6) is 0. The molecule has 1 radical (unpaired) electrons. The van der Waals surface area contributed by atoms with Crippen LogP contribution < -0.4 is 0 Å². The van der Waals surface area contributed by atoms with Crippen LogP contribution in [0.1, 0.15) is 6.92 Å². The van der Waals surface area contributed by atoms with Gasteiger partial charge >= 0.3 is 0 Å². The highest BCUT2D eigenvalue weighted by Gasteiger charge is 1.64. The Labute approximate surface area is 41.0 Å². The Kier molecular flexibility index (Phi) is 2.57. The van der Waals surface area contributed by atoms with E-state index < -0.39 is 0 Å². The average Bonchev–Trinajstić information content (AvgIpc) is 1.38. The number of hydrogen-bond donors (Lipinski definition) is 0. The van der Waals surface area contributed by atoms with Crippen molar-refractivity contribution in [2.45, 2.75) is 6.92 Å². The number of allylic oxidation sites excluding steroid dienone is 2. The highest BCUT2D eigenvalue weighted by Crippen LogP contribution is 1.97. The zero-order chi connectivity index (χ0) is 4.28. The summed E-state index contributed by atoms with van der Waals surface area (Å²) in [5, 5.41) is 0. The molecule has 0 fully saturated rings. The molecule has 0 rings (SSSR count). The maximum Gasteiger partial charge on any atom is -0.00885 e. The molecule has 0 spiro atoms. The first kappa shape index (κ1) is 5.22. The molecule has 0 aliphatic rings. The van der Waals surface area contributed by atoms with E-state index in [1.165, 1.54) is 0 Å². The van der Waals surface area contributed by atoms with Crippen molar-refractivity contribution in [3.05, 3.63) is 17.5 Å². The van der Waals surface area contributed by atoms with E-state index in [1.54, 1.807) is 0 Å². The zero-order valence-corrected chi connectivity index (χ0v) is 4.75. The van der Waals surface area contributed by atoms with Crippen molar-refractivity contribution in [3.63, 3.8) is 0 Å². The predicted octanol–water partition coefficient (Wildman–Crippen LogP) is 2.12. The van der Waals surface area contributed by atoms with Crippen molar-refractivity contribution in [1.29, 1.82) is 0 Å². The minimum atomic E-state index is 0.942. The van der Waals surface area contributed by atoms with Gasteiger partial charge in [0.05, 0.1) is 0 Å². The molecule has 0 aromatic rings. The summed E-state index contributed by atoms with van der Waals surface area (Å²) in [6.45, 7) is 5.46. The molecule has 0 amide bonds. The van der Waals surface area contributed by atoms with E-state index in [9.17, 15) is 0 Å². The third kappa shape index (κ3) is 4.22. The van der Waals surface area contributed by atoms with E-state index in [0.29, 0.717) is 0 Å². The second-order valence-electron chi connectivity index (χ2n) is 0.736. The van der Waals surface area contributed by atoms with Crippen LogP contribution in [-0.2, 0) is 0 Å². The standard InChI is InChI=1S/C4H6Br/c1-3-4(2)5/h3H,2H2,1H3/b4-3+. The average molecular weight is 134 g/mol. The number of rotatable bonds is 0. The molecule has 0 aliphatic carbocycles. The third-order valence-corrected chi connectivity index (χ3v) is 0.771. The largest absolute Gasteiger partial charge is 0.0775 e. The van der Waals surface area contributed by atoms with Gasteiger partial charge in [-0.15, -0.1) is 0 Å². The molecule has 0 aliphatic heterocycles. The van der Waals surface area contributed by atoms with Gasteiger partial charge < -0.3 is 0 Å². The Morgan fingerprint density at radius 2 is 2.20 bits per heavy atom. The van der Waals surface area contributed by atoms with Gasteiger partial charge in [0.1, 0.15) is 0 Å². The summed E-state index contributed by atoms with van der Waals surface area (Å²) in [4.78, 5) is 0. The van der Waals surface area contributed by atoms with Crippen LogP contribution >= 0.6 is 15.9 Å². The highest BCUT2D eigenvalue weighted by molar-refractivity contribution is 9.11. The second-order valence-corrected chi connectivity index (χ2v) is 1.75. The van der Waals surface area contributed by atoms with Crippen LogP contribution in [0, 0.1) is 6.92 Å². The molecule has 0 heterocycles. The smallest absolute Gasteiger partial charge is 0.00885 e. The minimum Gasteiger partial charge on any atom is -0.0775 e. The predicted molar refractivity (Wildman–Crippen MR) is 28.0 cm³/mol. The van der Waals surface area contributed by atoms with Crippen molar-refractivity contribution >= 4 is 15.9 Å². The number of hydrogen-bond acceptors (Lipinski definition) is 0. The van der Waals surface area contributed by atoms with Crippen molar-refractivity contribution in [2.75, 3.05) is 0 Å². The van der Waals surface area contributed by atoms with Crippen LogP contribution in [0.15, 0.2) is 10.6 Å². The van der Waals surface area contributed by atoms with Gasteiger partial charge in [-0.3, -0.25) is 0 Å².